The maximum Gasteiger partial charge on any atom is 0.0571 e. The molecular formula is C16H32O. The zero-order valence-corrected chi connectivity index (χ0v) is 12.8. The number of hydrogen-bond donors (Lipinski definition) is 0. The normalized spacial score (nSPS) is 27.2. The van der Waals surface area contributed by atoms with Gasteiger partial charge in [0, 0.05) is 7.11 Å². The topological polar surface area (TPSA) is 9.23 Å². The average Bonchev–Trinajstić information content (AvgIpc) is 2.26. The third-order valence-electron chi connectivity index (χ3n) is 4.63. The van der Waals surface area contributed by atoms with Gasteiger partial charge < -0.3 is 4.74 Å². The van der Waals surface area contributed by atoms with Gasteiger partial charge in [-0.05, 0) is 55.3 Å². The molecule has 1 fully saturated rings. The molecule has 0 aromatic heterocycles. The van der Waals surface area contributed by atoms with Crippen molar-refractivity contribution in [1.29, 1.82) is 0 Å². The van der Waals surface area contributed by atoms with Gasteiger partial charge in [0.05, 0.1) is 6.10 Å². The van der Waals surface area contributed by atoms with Crippen molar-refractivity contribution < 1.29 is 4.74 Å². The second-order valence-electron chi connectivity index (χ2n) is 7.76. The van der Waals surface area contributed by atoms with Gasteiger partial charge in [-0.2, -0.15) is 0 Å². The van der Waals surface area contributed by atoms with Crippen LogP contribution in [0.1, 0.15) is 73.1 Å². The first kappa shape index (κ1) is 15.0. The van der Waals surface area contributed by atoms with Crippen LogP contribution in [0, 0.1) is 16.7 Å². The maximum absolute atomic E-state index is 5.47. The highest BCUT2D eigenvalue weighted by atomic mass is 16.5. The van der Waals surface area contributed by atoms with Crippen LogP contribution in [0.3, 0.4) is 0 Å². The van der Waals surface area contributed by atoms with E-state index in [-0.39, 0.29) is 0 Å². The fourth-order valence-electron chi connectivity index (χ4n) is 2.98. The summed E-state index contributed by atoms with van der Waals surface area (Å²) in [6, 6.07) is 0. The molecule has 0 amide bonds. The molecule has 0 aromatic carbocycles. The van der Waals surface area contributed by atoms with E-state index in [1.165, 1.54) is 38.5 Å². The average molecular weight is 240 g/mol. The Kier molecular flexibility index (Phi) is 5.07. The molecule has 0 N–H and O–H groups in total. The van der Waals surface area contributed by atoms with Gasteiger partial charge in [-0.1, -0.05) is 34.6 Å². The molecule has 1 aliphatic rings. The standard InChI is InChI=1S/C16H32O/c1-15(2,3)11-12-16(4,5)13-7-9-14(17-6)10-8-13/h13-14H,7-12H2,1-6H3. The van der Waals surface area contributed by atoms with Crippen LogP contribution in [0.4, 0.5) is 0 Å². The molecule has 0 heterocycles. The lowest BCUT2D eigenvalue weighted by Gasteiger charge is -2.40. The van der Waals surface area contributed by atoms with Gasteiger partial charge in [0.2, 0.25) is 0 Å². The summed E-state index contributed by atoms with van der Waals surface area (Å²) in [6.45, 7) is 12.0. The van der Waals surface area contributed by atoms with Gasteiger partial charge in [0.25, 0.3) is 0 Å². The van der Waals surface area contributed by atoms with Crippen LogP contribution in [0.25, 0.3) is 0 Å². The molecule has 0 radical (unpaired) electrons. The smallest absolute Gasteiger partial charge is 0.0571 e. The zero-order valence-electron chi connectivity index (χ0n) is 12.8. The summed E-state index contributed by atoms with van der Waals surface area (Å²) in [4.78, 5) is 0. The highest BCUT2D eigenvalue weighted by molar-refractivity contribution is 4.84. The summed E-state index contributed by atoms with van der Waals surface area (Å²) in [5.74, 6) is 0.899. The lowest BCUT2D eigenvalue weighted by atomic mass is 9.67. The number of ether oxygens (including phenoxy) is 1. The zero-order chi connectivity index (χ0) is 13.1. The van der Waals surface area contributed by atoms with E-state index in [0.29, 0.717) is 16.9 Å². The van der Waals surface area contributed by atoms with Gasteiger partial charge in [0.15, 0.2) is 0 Å². The summed E-state index contributed by atoms with van der Waals surface area (Å²) in [7, 11) is 1.86. The molecule has 0 aromatic rings. The molecule has 1 heteroatoms. The summed E-state index contributed by atoms with van der Waals surface area (Å²) >= 11 is 0. The van der Waals surface area contributed by atoms with Crippen molar-refractivity contribution in [3.05, 3.63) is 0 Å². The molecule has 1 aliphatic carbocycles. The molecular weight excluding hydrogens is 208 g/mol. The van der Waals surface area contributed by atoms with E-state index < -0.39 is 0 Å². The molecule has 0 saturated heterocycles. The quantitative estimate of drug-likeness (QED) is 0.668. The summed E-state index contributed by atoms with van der Waals surface area (Å²) in [6.07, 6.45) is 8.47. The van der Waals surface area contributed by atoms with Crippen molar-refractivity contribution in [1.82, 2.24) is 0 Å². The maximum atomic E-state index is 5.47. The first-order chi connectivity index (χ1) is 7.74. The van der Waals surface area contributed by atoms with Crippen molar-refractivity contribution >= 4 is 0 Å². The molecule has 0 aliphatic heterocycles. The lowest BCUT2D eigenvalue weighted by molar-refractivity contribution is 0.0262. The van der Waals surface area contributed by atoms with E-state index >= 15 is 0 Å². The van der Waals surface area contributed by atoms with Crippen LogP contribution in [0.2, 0.25) is 0 Å². The van der Waals surface area contributed by atoms with Crippen molar-refractivity contribution in [2.75, 3.05) is 7.11 Å². The fraction of sp³-hybridized carbons (Fsp3) is 1.00. The number of hydrogen-bond acceptors (Lipinski definition) is 1. The highest BCUT2D eigenvalue weighted by Gasteiger charge is 2.33. The molecule has 1 rings (SSSR count). The molecule has 0 bridgehead atoms. The summed E-state index contributed by atoms with van der Waals surface area (Å²) < 4.78 is 5.47. The Morgan fingerprint density at radius 3 is 1.82 bits per heavy atom. The SMILES string of the molecule is COC1CCC(C(C)(C)CCC(C)(C)C)CC1. The third kappa shape index (κ3) is 4.99. The van der Waals surface area contributed by atoms with E-state index in [2.05, 4.69) is 34.6 Å². The molecule has 102 valence electrons. The first-order valence-electron chi connectivity index (χ1n) is 7.27. The van der Waals surface area contributed by atoms with E-state index in [1.807, 2.05) is 7.11 Å². The molecule has 0 atom stereocenters. The Bertz CT molecular complexity index is 216. The Morgan fingerprint density at radius 2 is 1.41 bits per heavy atom. The van der Waals surface area contributed by atoms with Gasteiger partial charge in [-0.3, -0.25) is 0 Å². The predicted molar refractivity (Wildman–Crippen MR) is 75.2 cm³/mol. The number of methoxy groups -OCH3 is 1. The summed E-state index contributed by atoms with van der Waals surface area (Å²) in [5, 5.41) is 0. The largest absolute Gasteiger partial charge is 0.381 e. The van der Waals surface area contributed by atoms with E-state index in [1.54, 1.807) is 0 Å². The molecule has 17 heavy (non-hydrogen) atoms. The van der Waals surface area contributed by atoms with Crippen LogP contribution in [0.5, 0.6) is 0 Å². The highest BCUT2D eigenvalue weighted by Crippen LogP contribution is 2.43. The summed E-state index contributed by atoms with van der Waals surface area (Å²) in [5.41, 5.74) is 0.979. The van der Waals surface area contributed by atoms with E-state index in [4.69, 9.17) is 4.74 Å². The van der Waals surface area contributed by atoms with Crippen molar-refractivity contribution in [3.63, 3.8) is 0 Å². The van der Waals surface area contributed by atoms with Crippen LogP contribution in [-0.4, -0.2) is 13.2 Å². The van der Waals surface area contributed by atoms with Crippen molar-refractivity contribution in [3.8, 4) is 0 Å². The van der Waals surface area contributed by atoms with Crippen LogP contribution in [-0.2, 0) is 4.74 Å². The lowest BCUT2D eigenvalue weighted by Crippen LogP contribution is -2.31. The second-order valence-corrected chi connectivity index (χ2v) is 7.76. The second kappa shape index (κ2) is 5.73. The van der Waals surface area contributed by atoms with Gasteiger partial charge in [-0.15, -0.1) is 0 Å². The molecule has 0 spiro atoms. The Morgan fingerprint density at radius 1 is 0.882 bits per heavy atom. The first-order valence-corrected chi connectivity index (χ1v) is 7.27. The van der Waals surface area contributed by atoms with E-state index in [9.17, 15) is 0 Å². The molecule has 1 nitrogen and oxygen atoms in total. The Balaban J connectivity index is 2.42. The molecule has 1 saturated carbocycles. The Labute approximate surface area is 108 Å². The monoisotopic (exact) mass is 240 g/mol. The van der Waals surface area contributed by atoms with Crippen LogP contribution >= 0.6 is 0 Å². The Hall–Kier alpha value is -0.0400. The minimum atomic E-state index is 0.473. The van der Waals surface area contributed by atoms with Crippen molar-refractivity contribution in [2.45, 2.75) is 79.2 Å². The minimum Gasteiger partial charge on any atom is -0.381 e. The van der Waals surface area contributed by atoms with Gasteiger partial charge in [0.1, 0.15) is 0 Å². The van der Waals surface area contributed by atoms with E-state index in [0.717, 1.165) is 5.92 Å². The van der Waals surface area contributed by atoms with Crippen LogP contribution in [0.15, 0.2) is 0 Å². The number of rotatable bonds is 4. The fourth-order valence-corrected chi connectivity index (χ4v) is 2.98. The minimum absolute atomic E-state index is 0.473. The van der Waals surface area contributed by atoms with Crippen molar-refractivity contribution in [2.24, 2.45) is 16.7 Å². The third-order valence-corrected chi connectivity index (χ3v) is 4.63. The van der Waals surface area contributed by atoms with Crippen LogP contribution < -0.4 is 0 Å². The van der Waals surface area contributed by atoms with Gasteiger partial charge in [-0.25, -0.2) is 0 Å². The van der Waals surface area contributed by atoms with Gasteiger partial charge >= 0.3 is 0 Å². The molecule has 0 unspecified atom stereocenters. The predicted octanol–water partition coefficient (Wildman–Crippen LogP) is 5.04.